The third-order valence-corrected chi connectivity index (χ3v) is 2.02. The minimum Gasteiger partial charge on any atom is -0.396 e. The van der Waals surface area contributed by atoms with Crippen LogP contribution in [0, 0.1) is 0 Å². The largest absolute Gasteiger partial charge is 0.503 e. The van der Waals surface area contributed by atoms with Crippen molar-refractivity contribution in [2.75, 3.05) is 0 Å². The first-order chi connectivity index (χ1) is 5.54. The van der Waals surface area contributed by atoms with Crippen LogP contribution in [0.5, 0.6) is 0 Å². The molecule has 3 N–H and O–H groups in total. The fourth-order valence-electron chi connectivity index (χ4n) is 0.419. The zero-order chi connectivity index (χ0) is 9.56. The molecule has 0 saturated heterocycles. The lowest BCUT2D eigenvalue weighted by atomic mass is 10.5. The van der Waals surface area contributed by atoms with Crippen LogP contribution in [0.4, 0.5) is 0 Å². The summed E-state index contributed by atoms with van der Waals surface area (Å²) in [5, 5.41) is 1.95. The highest BCUT2D eigenvalue weighted by molar-refractivity contribution is 7.81. The number of thiophene rings is 1. The van der Waals surface area contributed by atoms with Crippen LogP contribution in [0.3, 0.4) is 0 Å². The molecule has 0 amide bonds. The van der Waals surface area contributed by atoms with Crippen LogP contribution < -0.4 is 33.7 Å². The molecule has 0 fully saturated rings. The summed E-state index contributed by atoms with van der Waals surface area (Å²) < 4.78 is 24.5. The highest BCUT2D eigenvalue weighted by Crippen LogP contribution is 2.06. The Morgan fingerprint density at radius 1 is 1.67 bits per heavy atom. The lowest BCUT2D eigenvalue weighted by Crippen LogP contribution is -3.98. The van der Waals surface area contributed by atoms with E-state index in [0.717, 1.165) is 4.88 Å². The van der Waals surface area contributed by atoms with E-state index in [1.807, 2.05) is 17.5 Å². The van der Waals surface area contributed by atoms with Gasteiger partial charge in [-0.05, 0) is 14.9 Å². The Balaban J connectivity index is 0.000000261. The zero-order valence-corrected chi connectivity index (χ0v) is 9.56. The lowest BCUT2D eigenvalue weighted by Gasteiger charge is -1.84. The van der Waals surface area contributed by atoms with Crippen molar-refractivity contribution in [2.45, 2.75) is 0 Å². The minimum absolute atomic E-state index is 0.486. The third kappa shape index (κ3) is 6.88. The molecular weight excluding hydrogens is 313 g/mol. The summed E-state index contributed by atoms with van der Waals surface area (Å²) in [5.74, 6) is 0. The third-order valence-electron chi connectivity index (χ3n) is 0.764. The van der Waals surface area contributed by atoms with Crippen LogP contribution in [0.1, 0.15) is 4.88 Å². The molecule has 0 saturated carbocycles. The average molecular weight is 319 g/mol. The van der Waals surface area contributed by atoms with Gasteiger partial charge in [-0.15, -0.1) is 11.3 Å². The molecule has 1 heterocycles. The lowest BCUT2D eigenvalue weighted by molar-refractivity contribution is -1.63. The van der Waals surface area contributed by atoms with Gasteiger partial charge in [0.2, 0.25) is 0 Å². The fraction of sp³-hybridized carbons (Fsp3) is 0. The predicted molar refractivity (Wildman–Crippen MR) is 42.4 cm³/mol. The van der Waals surface area contributed by atoms with E-state index in [4.69, 9.17) is 28.3 Å². The molecule has 12 heavy (non-hydrogen) atoms. The van der Waals surface area contributed by atoms with Gasteiger partial charge in [0.1, 0.15) is 4.99 Å². The van der Waals surface area contributed by atoms with E-state index in [0.29, 0.717) is 4.99 Å². The molecule has 1 rings (SSSR count). The van der Waals surface area contributed by atoms with E-state index in [-0.39, 0.29) is 0 Å². The molecule has 0 spiro atoms. The molecule has 0 aromatic carbocycles. The number of thiocarbonyl (C=S) groups is 1. The van der Waals surface area contributed by atoms with Crippen LogP contribution in [0.15, 0.2) is 17.5 Å². The summed E-state index contributed by atoms with van der Waals surface area (Å²) in [6.07, 6.45) is 0. The van der Waals surface area contributed by atoms with Gasteiger partial charge in [-0.25, -0.2) is 0 Å². The Kier molecular flexibility index (Phi) is 6.80. The van der Waals surface area contributed by atoms with Gasteiger partial charge in [0, 0.05) is 0 Å². The van der Waals surface area contributed by atoms with Crippen LogP contribution in [-0.2, 0) is 0 Å². The second-order valence-corrected chi connectivity index (χ2v) is 4.08. The van der Waals surface area contributed by atoms with Gasteiger partial charge in [0.05, 0.1) is 4.88 Å². The van der Waals surface area contributed by atoms with E-state index in [1.165, 1.54) is 0 Å². The van der Waals surface area contributed by atoms with Crippen molar-refractivity contribution in [2.24, 2.45) is 5.73 Å². The topological polar surface area (TPSA) is 92.4 Å². The van der Waals surface area contributed by atoms with Gasteiger partial charge in [-0.3, -0.25) is 0 Å². The number of hydrogen-bond donors (Lipinski definition) is 2. The van der Waals surface area contributed by atoms with Gasteiger partial charge < -0.3 is 12.6 Å². The summed E-state index contributed by atoms with van der Waals surface area (Å²) in [5.41, 5.74) is 5.30. The molecule has 7 heteroatoms. The smallest absolute Gasteiger partial charge is 0.396 e. The summed E-state index contributed by atoms with van der Waals surface area (Å²) in [6, 6.07) is 3.84. The van der Waals surface area contributed by atoms with Gasteiger partial charge in [-0.2, -0.15) is 0 Å². The maximum atomic E-state index is 8.68. The van der Waals surface area contributed by atoms with Crippen LogP contribution in [0.25, 0.3) is 0 Å². The maximum absolute atomic E-state index is 8.68. The van der Waals surface area contributed by atoms with Crippen LogP contribution in [-0.4, -0.2) is 8.42 Å². The molecule has 0 bridgehead atoms. The Labute approximate surface area is 87.7 Å². The summed E-state index contributed by atoms with van der Waals surface area (Å²) in [7, 11) is 0. The molecule has 0 unspecified atom stereocenters. The highest BCUT2D eigenvalue weighted by Gasteiger charge is 1.92. The van der Waals surface area contributed by atoms with E-state index in [1.54, 1.807) is 11.3 Å². The van der Waals surface area contributed by atoms with Crippen LogP contribution in [0.2, 0.25) is 0 Å². The minimum atomic E-state index is -3.76. The maximum Gasteiger partial charge on any atom is 0.503 e. The van der Waals surface area contributed by atoms with Crippen molar-refractivity contribution in [3.63, 3.8) is 0 Å². The number of nitrogens with two attached hydrogens (primary N) is 1. The number of halogens is 1. The number of rotatable bonds is 1. The highest BCUT2D eigenvalue weighted by atomic mass is 127. The van der Waals surface area contributed by atoms with Crippen molar-refractivity contribution in [1.82, 2.24) is 0 Å². The number of hydrogen-bond acceptors (Lipinski definition) is 5. The van der Waals surface area contributed by atoms with E-state index in [2.05, 4.69) is 0 Å². The molecule has 0 aliphatic rings. The second kappa shape index (κ2) is 6.69. The van der Waals surface area contributed by atoms with E-state index >= 15 is 0 Å². The molecule has 0 atom stereocenters. The van der Waals surface area contributed by atoms with E-state index < -0.39 is 21.1 Å². The van der Waals surface area contributed by atoms with E-state index in [9.17, 15) is 0 Å². The fourth-order valence-corrected chi connectivity index (χ4v) is 1.21. The Morgan fingerprint density at radius 3 is 2.33 bits per heavy atom. The zero-order valence-electron chi connectivity index (χ0n) is 5.77. The normalized spacial score (nSPS) is 9.00. The SMILES string of the molecule is NC(=S)c1cccs1.[O-][I+2]([O-])O. The van der Waals surface area contributed by atoms with Crippen molar-refractivity contribution in [1.29, 1.82) is 0 Å². The first-order valence-electron chi connectivity index (χ1n) is 2.62. The predicted octanol–water partition coefficient (Wildman–Crippen LogP) is -4.55. The van der Waals surface area contributed by atoms with Crippen molar-refractivity contribution in [3.8, 4) is 0 Å². The van der Waals surface area contributed by atoms with Gasteiger partial charge >= 0.3 is 21.1 Å². The summed E-state index contributed by atoms with van der Waals surface area (Å²) >= 11 is 2.51. The Bertz CT molecular complexity index is 224. The first kappa shape index (κ1) is 12.2. The molecule has 4 nitrogen and oxygen atoms in total. The molecule has 1 aromatic heterocycles. The van der Waals surface area contributed by atoms with Gasteiger partial charge in [0.25, 0.3) is 0 Å². The second-order valence-electron chi connectivity index (χ2n) is 1.54. The van der Waals surface area contributed by atoms with Crippen LogP contribution >= 0.6 is 23.6 Å². The molecule has 0 radical (unpaired) electrons. The molecular formula is C5H6INO3S2. The molecule has 68 valence electrons. The average Bonchev–Trinajstić information content (AvgIpc) is 2.34. The Hall–Kier alpha value is 0.200. The standard InChI is InChI=1S/C5H5NS2.HIO3/c6-5(7)4-2-1-3-8-4;2-1(3)4/h1-3H,(H2,6,7);2H. The summed E-state index contributed by atoms with van der Waals surface area (Å²) in [6.45, 7) is 0. The molecule has 1 aromatic rings. The monoisotopic (exact) mass is 319 g/mol. The van der Waals surface area contributed by atoms with Crippen molar-refractivity contribution < 1.29 is 31.4 Å². The van der Waals surface area contributed by atoms with Crippen molar-refractivity contribution in [3.05, 3.63) is 22.4 Å². The van der Waals surface area contributed by atoms with Gasteiger partial charge in [-0.1, -0.05) is 18.3 Å². The molecule has 0 aliphatic heterocycles. The molecule has 0 aliphatic carbocycles. The Morgan fingerprint density at radius 2 is 2.17 bits per heavy atom. The summed E-state index contributed by atoms with van der Waals surface area (Å²) in [4.78, 5) is 1.47. The van der Waals surface area contributed by atoms with Gasteiger partial charge in [0.15, 0.2) is 0 Å². The van der Waals surface area contributed by atoms with Crippen molar-refractivity contribution >= 4 is 28.5 Å². The quantitative estimate of drug-likeness (QED) is 0.402. The first-order valence-corrected chi connectivity index (χ1v) is 6.63.